The Balaban J connectivity index is 2.33. The van der Waals surface area contributed by atoms with E-state index in [4.69, 9.17) is 18.5 Å². The van der Waals surface area contributed by atoms with Crippen LogP contribution in [0, 0.1) is 0 Å². The molecule has 1 aromatic rings. The first-order chi connectivity index (χ1) is 14.4. The number of unbranched alkanes of at least 4 members (excludes halogenated alkanes) is 3. The molecule has 8 heteroatoms. The van der Waals surface area contributed by atoms with E-state index in [-0.39, 0.29) is 25.0 Å². The summed E-state index contributed by atoms with van der Waals surface area (Å²) in [5.74, 6) is 0.204. The molecule has 170 valence electrons. The van der Waals surface area contributed by atoms with Crippen LogP contribution >= 0.6 is 7.60 Å². The molecule has 7 nitrogen and oxygen atoms in total. The smallest absolute Gasteiger partial charge is 0.341 e. The van der Waals surface area contributed by atoms with Gasteiger partial charge in [0.15, 0.2) is 0 Å². The van der Waals surface area contributed by atoms with Crippen LogP contribution in [0.2, 0.25) is 0 Å². The highest BCUT2D eigenvalue weighted by molar-refractivity contribution is 7.55. The molecule has 0 aromatic heterocycles. The maximum Gasteiger partial charge on any atom is 0.341 e. The van der Waals surface area contributed by atoms with Gasteiger partial charge in [-0.2, -0.15) is 0 Å². The van der Waals surface area contributed by atoms with Crippen molar-refractivity contribution in [3.63, 3.8) is 0 Å². The van der Waals surface area contributed by atoms with Crippen molar-refractivity contribution in [1.29, 1.82) is 0 Å². The number of carbonyl (C=O) groups excluding carboxylic acids is 2. The lowest BCUT2D eigenvalue weighted by Crippen LogP contribution is -2.21. The lowest BCUT2D eigenvalue weighted by molar-refractivity contribution is -0.117. The predicted molar refractivity (Wildman–Crippen MR) is 116 cm³/mol. The highest BCUT2D eigenvalue weighted by atomic mass is 31.2. The molecule has 0 spiro atoms. The van der Waals surface area contributed by atoms with Crippen molar-refractivity contribution in [3.8, 4) is 5.75 Å². The molecule has 0 N–H and O–H groups in total. The zero-order valence-electron chi connectivity index (χ0n) is 18.6. The summed E-state index contributed by atoms with van der Waals surface area (Å²) in [5, 5.41) is 0. The van der Waals surface area contributed by atoms with Gasteiger partial charge in [0, 0.05) is 0 Å². The van der Waals surface area contributed by atoms with Gasteiger partial charge in [-0.05, 0) is 64.8 Å². The Morgan fingerprint density at radius 3 is 2.03 bits per heavy atom. The third-order valence-corrected chi connectivity index (χ3v) is 7.10. The number of rotatable bonds is 16. The van der Waals surface area contributed by atoms with E-state index >= 15 is 0 Å². The molecule has 1 atom stereocenters. The van der Waals surface area contributed by atoms with Gasteiger partial charge >= 0.3 is 13.6 Å². The molecule has 0 bridgehead atoms. The summed E-state index contributed by atoms with van der Waals surface area (Å²) in [6.45, 7) is 8.10. The van der Waals surface area contributed by atoms with Crippen LogP contribution in [-0.4, -0.2) is 43.8 Å². The van der Waals surface area contributed by atoms with E-state index in [1.54, 1.807) is 45.0 Å². The molecule has 0 heterocycles. The second-order valence-corrected chi connectivity index (χ2v) is 9.02. The number of hydrogen-bond acceptors (Lipinski definition) is 7. The van der Waals surface area contributed by atoms with Gasteiger partial charge in [0.25, 0.3) is 0 Å². The molecule has 0 saturated heterocycles. The Morgan fingerprint density at radius 1 is 0.900 bits per heavy atom. The van der Waals surface area contributed by atoms with Crippen LogP contribution in [0.15, 0.2) is 24.3 Å². The van der Waals surface area contributed by atoms with E-state index in [1.165, 1.54) is 6.92 Å². The first-order valence-corrected chi connectivity index (χ1v) is 12.3. The van der Waals surface area contributed by atoms with Gasteiger partial charge in [0.05, 0.1) is 32.0 Å². The summed E-state index contributed by atoms with van der Waals surface area (Å²) in [4.78, 5) is 23.6. The number of ether oxygens (including phenoxy) is 2. The maximum atomic E-state index is 12.9. The summed E-state index contributed by atoms with van der Waals surface area (Å²) in [5.41, 5.74) is -0.202. The molecule has 1 aromatic carbocycles. The summed E-state index contributed by atoms with van der Waals surface area (Å²) < 4.78 is 34.2. The standard InChI is InChI=1S/C22H35O7P/c1-5-26-22(24)19-13-15-20(16-14-19)27-17-11-9-8-10-12-21(18(4)23)30(25,28-6-2)29-7-3/h13-16,21H,5-12,17H2,1-4H3. The van der Waals surface area contributed by atoms with Gasteiger partial charge in [0.1, 0.15) is 17.2 Å². The fourth-order valence-electron chi connectivity index (χ4n) is 3.05. The molecule has 1 rings (SSSR count). The first-order valence-electron chi connectivity index (χ1n) is 10.7. The number of hydrogen-bond donors (Lipinski definition) is 0. The van der Waals surface area contributed by atoms with Crippen molar-refractivity contribution in [1.82, 2.24) is 0 Å². The van der Waals surface area contributed by atoms with Crippen LogP contribution in [0.4, 0.5) is 0 Å². The van der Waals surface area contributed by atoms with Crippen LogP contribution in [0.5, 0.6) is 5.75 Å². The minimum atomic E-state index is -3.41. The van der Waals surface area contributed by atoms with Gasteiger partial charge in [0.2, 0.25) is 0 Å². The van der Waals surface area contributed by atoms with Gasteiger partial charge in [-0.15, -0.1) is 0 Å². The molecule has 0 saturated carbocycles. The third kappa shape index (κ3) is 8.99. The molecule has 0 fully saturated rings. The molecule has 0 amide bonds. The third-order valence-electron chi connectivity index (χ3n) is 4.48. The van der Waals surface area contributed by atoms with Crippen molar-refractivity contribution in [2.75, 3.05) is 26.4 Å². The highest BCUT2D eigenvalue weighted by Gasteiger charge is 2.38. The van der Waals surface area contributed by atoms with Crippen molar-refractivity contribution < 1.29 is 32.7 Å². The normalized spacial score (nSPS) is 12.4. The van der Waals surface area contributed by atoms with E-state index in [0.29, 0.717) is 30.9 Å². The van der Waals surface area contributed by atoms with Gasteiger partial charge in [-0.1, -0.05) is 19.3 Å². The maximum absolute atomic E-state index is 12.9. The first kappa shape index (κ1) is 26.3. The number of esters is 1. The summed E-state index contributed by atoms with van der Waals surface area (Å²) in [7, 11) is -3.41. The van der Waals surface area contributed by atoms with Crippen LogP contribution in [0.1, 0.15) is 70.2 Å². The number of carbonyl (C=O) groups is 2. The largest absolute Gasteiger partial charge is 0.494 e. The van der Waals surface area contributed by atoms with E-state index in [0.717, 1.165) is 25.7 Å². The monoisotopic (exact) mass is 442 g/mol. The summed E-state index contributed by atoms with van der Waals surface area (Å²) >= 11 is 0. The second-order valence-electron chi connectivity index (χ2n) is 6.80. The summed E-state index contributed by atoms with van der Waals surface area (Å²) in [6, 6.07) is 6.87. The Labute approximate surface area is 180 Å². The van der Waals surface area contributed by atoms with E-state index in [1.807, 2.05) is 0 Å². The fourth-order valence-corrected chi connectivity index (χ4v) is 5.14. The highest BCUT2D eigenvalue weighted by Crippen LogP contribution is 2.54. The van der Waals surface area contributed by atoms with Crippen LogP contribution in [0.25, 0.3) is 0 Å². The number of benzene rings is 1. The van der Waals surface area contributed by atoms with Crippen LogP contribution in [-0.2, 0) is 23.1 Å². The Morgan fingerprint density at radius 2 is 1.50 bits per heavy atom. The van der Waals surface area contributed by atoms with E-state index in [2.05, 4.69) is 0 Å². The zero-order valence-corrected chi connectivity index (χ0v) is 19.5. The van der Waals surface area contributed by atoms with Crippen molar-refractivity contribution in [2.45, 2.75) is 65.5 Å². The molecule has 0 aliphatic carbocycles. The Kier molecular flexibility index (Phi) is 12.6. The minimum Gasteiger partial charge on any atom is -0.494 e. The number of Topliss-reactive ketones (excluding diaryl/α,β-unsaturated/α-hetero) is 1. The average Bonchev–Trinajstić information content (AvgIpc) is 2.70. The zero-order chi connectivity index (χ0) is 22.4. The van der Waals surface area contributed by atoms with E-state index < -0.39 is 13.3 Å². The van der Waals surface area contributed by atoms with Crippen LogP contribution < -0.4 is 4.74 Å². The Hall–Kier alpha value is -1.69. The van der Waals surface area contributed by atoms with Gasteiger partial charge in [-0.25, -0.2) is 4.79 Å². The topological polar surface area (TPSA) is 88.1 Å². The minimum absolute atomic E-state index is 0.158. The van der Waals surface area contributed by atoms with Crippen molar-refractivity contribution >= 4 is 19.3 Å². The molecular weight excluding hydrogens is 407 g/mol. The van der Waals surface area contributed by atoms with E-state index in [9.17, 15) is 14.2 Å². The Bertz CT molecular complexity index is 677. The quantitative estimate of drug-likeness (QED) is 0.192. The van der Waals surface area contributed by atoms with Gasteiger partial charge < -0.3 is 18.5 Å². The average molecular weight is 442 g/mol. The molecule has 0 aliphatic rings. The predicted octanol–water partition coefficient (Wildman–Crippen LogP) is 5.42. The van der Waals surface area contributed by atoms with Crippen molar-refractivity contribution in [3.05, 3.63) is 29.8 Å². The van der Waals surface area contributed by atoms with Crippen LogP contribution in [0.3, 0.4) is 0 Å². The molecule has 0 radical (unpaired) electrons. The van der Waals surface area contributed by atoms with Gasteiger partial charge in [-0.3, -0.25) is 9.36 Å². The lowest BCUT2D eigenvalue weighted by atomic mass is 10.1. The molecule has 1 unspecified atom stereocenters. The summed E-state index contributed by atoms with van der Waals surface area (Å²) in [6.07, 6.45) is 3.94. The number of ketones is 1. The molecule has 30 heavy (non-hydrogen) atoms. The second kappa shape index (κ2) is 14.3. The fraction of sp³-hybridized carbons (Fsp3) is 0.636. The van der Waals surface area contributed by atoms with Crippen molar-refractivity contribution in [2.24, 2.45) is 0 Å². The molecular formula is C22H35O7P. The lowest BCUT2D eigenvalue weighted by Gasteiger charge is -2.24. The SMILES string of the molecule is CCOC(=O)c1ccc(OCCCCCCC(C(C)=O)P(=O)(OCC)OCC)cc1. The molecule has 0 aliphatic heterocycles.